The van der Waals surface area contributed by atoms with E-state index in [0.29, 0.717) is 5.78 Å². The average Bonchev–Trinajstić information content (AvgIpc) is 2.53. The molecule has 0 aromatic carbocycles. The van der Waals surface area contributed by atoms with Crippen molar-refractivity contribution in [2.45, 2.75) is 25.2 Å². The molecule has 0 aliphatic heterocycles. The van der Waals surface area contributed by atoms with E-state index in [1.165, 1.54) is 0 Å². The van der Waals surface area contributed by atoms with E-state index in [9.17, 15) is 4.79 Å². The molecule has 1 aliphatic carbocycles. The lowest BCUT2D eigenvalue weighted by molar-refractivity contribution is -0.118. The Hall–Kier alpha value is -0.890. The predicted molar refractivity (Wildman–Crippen MR) is 53.1 cm³/mol. The third kappa shape index (κ3) is 2.07. The van der Waals surface area contributed by atoms with Crippen LogP contribution in [0, 0.1) is 0 Å². The van der Waals surface area contributed by atoms with Gasteiger partial charge in [0.15, 0.2) is 0 Å². The second kappa shape index (κ2) is 4.38. The highest BCUT2D eigenvalue weighted by Gasteiger charge is 2.26. The van der Waals surface area contributed by atoms with Gasteiger partial charge in [-0.3, -0.25) is 9.78 Å². The lowest BCUT2D eigenvalue weighted by Crippen LogP contribution is -2.05. The first-order valence-electron chi connectivity index (χ1n) is 4.31. The summed E-state index contributed by atoms with van der Waals surface area (Å²) in [6.45, 7) is 0. The maximum absolute atomic E-state index is 11.3. The summed E-state index contributed by atoms with van der Waals surface area (Å²) >= 11 is 0. The van der Waals surface area contributed by atoms with Gasteiger partial charge in [0.1, 0.15) is 5.78 Å². The Morgan fingerprint density at radius 1 is 1.38 bits per heavy atom. The molecule has 1 atom stereocenters. The van der Waals surface area contributed by atoms with Crippen LogP contribution in [0.15, 0.2) is 24.4 Å². The first-order chi connectivity index (χ1) is 5.88. The van der Waals surface area contributed by atoms with Crippen molar-refractivity contribution in [3.05, 3.63) is 30.1 Å². The number of ketones is 1. The first kappa shape index (κ1) is 10.2. The lowest BCUT2D eigenvalue weighted by Gasteiger charge is -2.04. The van der Waals surface area contributed by atoms with Crippen LogP contribution >= 0.6 is 12.4 Å². The predicted octanol–water partition coefficient (Wildman–Crippen LogP) is 2.34. The van der Waals surface area contributed by atoms with Crippen LogP contribution in [0.25, 0.3) is 0 Å². The third-order valence-corrected chi connectivity index (χ3v) is 2.35. The van der Waals surface area contributed by atoms with Crippen molar-refractivity contribution in [1.29, 1.82) is 0 Å². The number of carbonyl (C=O) groups is 1. The van der Waals surface area contributed by atoms with Gasteiger partial charge in [0.05, 0.1) is 11.6 Å². The van der Waals surface area contributed by atoms with E-state index < -0.39 is 0 Å². The van der Waals surface area contributed by atoms with Crippen molar-refractivity contribution in [2.24, 2.45) is 0 Å². The molecule has 1 unspecified atom stereocenters. The van der Waals surface area contributed by atoms with Crippen molar-refractivity contribution in [3.8, 4) is 0 Å². The molecule has 0 radical (unpaired) electrons. The summed E-state index contributed by atoms with van der Waals surface area (Å²) in [5.41, 5.74) is 0.944. The molecule has 0 spiro atoms. The lowest BCUT2D eigenvalue weighted by atomic mass is 10.0. The van der Waals surface area contributed by atoms with Crippen molar-refractivity contribution in [1.82, 2.24) is 4.98 Å². The van der Waals surface area contributed by atoms with E-state index >= 15 is 0 Å². The standard InChI is InChI=1S/C10H11NO.ClH/c12-10-6-3-4-8(10)9-5-1-2-7-11-9;/h1-2,5,7-8H,3-4,6H2;1H. The number of carbonyl (C=O) groups excluding carboxylic acids is 1. The normalized spacial score (nSPS) is 21.2. The number of rotatable bonds is 1. The molecule has 1 heterocycles. The largest absolute Gasteiger partial charge is 0.299 e. The Balaban J connectivity index is 0.000000845. The van der Waals surface area contributed by atoms with Gasteiger partial charge in [-0.15, -0.1) is 12.4 Å². The van der Waals surface area contributed by atoms with Crippen LogP contribution in [0.2, 0.25) is 0 Å². The van der Waals surface area contributed by atoms with Crippen LogP contribution in [0.1, 0.15) is 30.9 Å². The highest BCUT2D eigenvalue weighted by atomic mass is 35.5. The van der Waals surface area contributed by atoms with Gasteiger partial charge in [0.25, 0.3) is 0 Å². The maximum Gasteiger partial charge on any atom is 0.141 e. The number of Topliss-reactive ketones (excluding diaryl/α,β-unsaturated/α-hetero) is 1. The highest BCUT2D eigenvalue weighted by molar-refractivity contribution is 5.87. The van der Waals surface area contributed by atoms with Crippen LogP contribution in [-0.2, 0) is 4.79 Å². The Morgan fingerprint density at radius 2 is 2.23 bits per heavy atom. The molecule has 1 aromatic rings. The van der Waals surface area contributed by atoms with Gasteiger partial charge >= 0.3 is 0 Å². The van der Waals surface area contributed by atoms with Crippen LogP contribution in [0.3, 0.4) is 0 Å². The van der Waals surface area contributed by atoms with Crippen LogP contribution in [-0.4, -0.2) is 10.8 Å². The van der Waals surface area contributed by atoms with E-state index in [4.69, 9.17) is 0 Å². The molecule has 2 rings (SSSR count). The zero-order valence-electron chi connectivity index (χ0n) is 7.27. The van der Waals surface area contributed by atoms with Crippen molar-refractivity contribution in [3.63, 3.8) is 0 Å². The van der Waals surface area contributed by atoms with Crippen LogP contribution < -0.4 is 0 Å². The van der Waals surface area contributed by atoms with Crippen molar-refractivity contribution in [2.75, 3.05) is 0 Å². The van der Waals surface area contributed by atoms with Gasteiger partial charge in [0, 0.05) is 12.6 Å². The zero-order valence-corrected chi connectivity index (χ0v) is 8.09. The molecular formula is C10H12ClNO. The number of pyridine rings is 1. The summed E-state index contributed by atoms with van der Waals surface area (Å²) in [7, 11) is 0. The number of hydrogen-bond donors (Lipinski definition) is 0. The maximum atomic E-state index is 11.3. The summed E-state index contributed by atoms with van der Waals surface area (Å²) in [5.74, 6) is 0.444. The molecule has 0 saturated heterocycles. The minimum absolute atomic E-state index is 0. The number of halogens is 1. The van der Waals surface area contributed by atoms with Crippen molar-refractivity contribution < 1.29 is 4.79 Å². The van der Waals surface area contributed by atoms with E-state index in [1.54, 1.807) is 6.20 Å². The molecule has 2 nitrogen and oxygen atoms in total. The van der Waals surface area contributed by atoms with Gasteiger partial charge in [-0.25, -0.2) is 0 Å². The summed E-state index contributed by atoms with van der Waals surface area (Å²) in [5, 5.41) is 0. The molecular weight excluding hydrogens is 186 g/mol. The number of nitrogens with zero attached hydrogens (tertiary/aromatic N) is 1. The second-order valence-electron chi connectivity index (χ2n) is 3.17. The molecule has 1 saturated carbocycles. The van der Waals surface area contributed by atoms with E-state index in [2.05, 4.69) is 4.98 Å². The monoisotopic (exact) mass is 197 g/mol. The van der Waals surface area contributed by atoms with Gasteiger partial charge in [-0.2, -0.15) is 0 Å². The fraction of sp³-hybridized carbons (Fsp3) is 0.400. The van der Waals surface area contributed by atoms with Crippen molar-refractivity contribution >= 4 is 18.2 Å². The first-order valence-corrected chi connectivity index (χ1v) is 4.31. The topological polar surface area (TPSA) is 30.0 Å². The Labute approximate surface area is 83.8 Å². The average molecular weight is 198 g/mol. The van der Waals surface area contributed by atoms with E-state index in [0.717, 1.165) is 25.0 Å². The second-order valence-corrected chi connectivity index (χ2v) is 3.17. The third-order valence-electron chi connectivity index (χ3n) is 2.35. The minimum atomic E-state index is 0. The molecule has 13 heavy (non-hydrogen) atoms. The molecule has 1 aliphatic rings. The fourth-order valence-corrected chi connectivity index (χ4v) is 1.71. The molecule has 1 aromatic heterocycles. The minimum Gasteiger partial charge on any atom is -0.299 e. The number of aromatic nitrogens is 1. The number of hydrogen-bond acceptors (Lipinski definition) is 2. The van der Waals surface area contributed by atoms with Crippen LogP contribution in [0.5, 0.6) is 0 Å². The fourth-order valence-electron chi connectivity index (χ4n) is 1.71. The smallest absolute Gasteiger partial charge is 0.141 e. The highest BCUT2D eigenvalue weighted by Crippen LogP contribution is 2.29. The Bertz CT molecular complexity index is 286. The summed E-state index contributed by atoms with van der Waals surface area (Å²) in [6, 6.07) is 5.75. The molecule has 1 fully saturated rings. The molecule has 0 amide bonds. The van der Waals surface area contributed by atoms with Gasteiger partial charge in [0.2, 0.25) is 0 Å². The quantitative estimate of drug-likeness (QED) is 0.692. The SMILES string of the molecule is Cl.O=C1CCCC1c1ccccn1. The molecule has 0 N–H and O–H groups in total. The van der Waals surface area contributed by atoms with Crippen LogP contribution in [0.4, 0.5) is 0 Å². The Morgan fingerprint density at radius 3 is 2.77 bits per heavy atom. The Kier molecular flexibility index (Phi) is 3.43. The van der Waals surface area contributed by atoms with E-state index in [1.807, 2.05) is 18.2 Å². The summed E-state index contributed by atoms with van der Waals surface area (Å²) in [4.78, 5) is 15.5. The molecule has 0 bridgehead atoms. The van der Waals surface area contributed by atoms with Gasteiger partial charge < -0.3 is 0 Å². The van der Waals surface area contributed by atoms with Gasteiger partial charge in [-0.05, 0) is 25.0 Å². The molecule has 70 valence electrons. The van der Waals surface area contributed by atoms with Gasteiger partial charge in [-0.1, -0.05) is 6.07 Å². The summed E-state index contributed by atoms with van der Waals surface area (Å²) in [6.07, 6.45) is 4.50. The molecule has 3 heteroatoms. The van der Waals surface area contributed by atoms with E-state index in [-0.39, 0.29) is 18.3 Å². The zero-order chi connectivity index (χ0) is 8.39. The summed E-state index contributed by atoms with van der Waals surface area (Å²) < 4.78 is 0.